The number of fused-ring (bicyclic) bond motifs is 2. The zero-order chi connectivity index (χ0) is 20.3. The molecule has 1 aliphatic heterocycles. The molecular weight excluding hydrogens is 368 g/mol. The Kier molecular flexibility index (Phi) is 3.64. The van der Waals surface area contributed by atoms with Crippen molar-refractivity contribution in [1.82, 2.24) is 9.97 Å². The Bertz CT molecular complexity index is 1320. The summed E-state index contributed by atoms with van der Waals surface area (Å²) in [6.45, 7) is 3.57. The van der Waals surface area contributed by atoms with Crippen LogP contribution in [-0.4, -0.2) is 21.5 Å². The van der Waals surface area contributed by atoms with Gasteiger partial charge in [0.05, 0.1) is 17.1 Å². The summed E-state index contributed by atoms with van der Waals surface area (Å²) in [5, 5.41) is 0. The Morgan fingerprint density at radius 2 is 1.66 bits per heavy atom. The summed E-state index contributed by atoms with van der Waals surface area (Å²) in [5.41, 5.74) is 2.36. The van der Waals surface area contributed by atoms with Crippen LogP contribution in [0.3, 0.4) is 0 Å². The Morgan fingerprint density at radius 1 is 0.931 bits per heavy atom. The fourth-order valence-electron chi connectivity index (χ4n) is 4.06. The van der Waals surface area contributed by atoms with Gasteiger partial charge in [0.2, 0.25) is 11.7 Å². The number of rotatable bonds is 1. The number of hydrogen-bond donors (Lipinski definition) is 1. The molecule has 1 aromatic heterocycles. The van der Waals surface area contributed by atoms with Crippen molar-refractivity contribution in [1.29, 1.82) is 0 Å². The lowest BCUT2D eigenvalue weighted by Crippen LogP contribution is -2.35. The molecule has 0 bridgehead atoms. The molecular formula is C23H16N2O4. The number of nitrogens with zero attached hydrogens (tertiary/aromatic N) is 1. The summed E-state index contributed by atoms with van der Waals surface area (Å²) in [7, 11) is 0. The highest BCUT2D eigenvalue weighted by Gasteiger charge is 2.44. The number of Topliss-reactive ketones (excluding diaryl/α,β-unsaturated/α-hetero) is 2. The fourth-order valence-corrected chi connectivity index (χ4v) is 4.06. The van der Waals surface area contributed by atoms with Crippen LogP contribution in [0.15, 0.2) is 64.7 Å². The number of nitrogens with one attached hydrogen (secondary N) is 1. The first-order valence-corrected chi connectivity index (χ1v) is 9.23. The first-order chi connectivity index (χ1) is 14.0. The molecule has 2 heterocycles. The van der Waals surface area contributed by atoms with Gasteiger partial charge < -0.3 is 9.72 Å². The number of ketones is 2. The number of hydrogen-bond acceptors (Lipinski definition) is 5. The van der Waals surface area contributed by atoms with E-state index in [1.165, 1.54) is 0 Å². The predicted molar refractivity (Wildman–Crippen MR) is 105 cm³/mol. The molecule has 29 heavy (non-hydrogen) atoms. The first-order valence-electron chi connectivity index (χ1n) is 9.23. The number of aromatic nitrogens is 2. The molecule has 0 radical (unpaired) electrons. The van der Waals surface area contributed by atoms with Crippen molar-refractivity contribution < 1.29 is 14.3 Å². The van der Waals surface area contributed by atoms with Crippen molar-refractivity contribution in [2.45, 2.75) is 19.8 Å². The lowest BCUT2D eigenvalue weighted by Gasteiger charge is -2.31. The van der Waals surface area contributed by atoms with Crippen LogP contribution in [0.25, 0.3) is 0 Å². The number of benzene rings is 2. The van der Waals surface area contributed by atoms with Gasteiger partial charge in [-0.3, -0.25) is 14.4 Å². The van der Waals surface area contributed by atoms with Crippen LogP contribution >= 0.6 is 0 Å². The molecule has 2 aromatic carbocycles. The minimum Gasteiger partial charge on any atom is -0.434 e. The van der Waals surface area contributed by atoms with Crippen molar-refractivity contribution in [3.05, 3.63) is 104 Å². The Hall–Kier alpha value is -3.80. The van der Waals surface area contributed by atoms with Gasteiger partial charge in [-0.05, 0) is 19.4 Å². The molecule has 6 nitrogen and oxygen atoms in total. The quantitative estimate of drug-likeness (QED) is 0.696. The largest absolute Gasteiger partial charge is 0.434 e. The molecule has 0 spiro atoms. The molecule has 0 saturated carbocycles. The molecule has 142 valence electrons. The maximum Gasteiger partial charge on any atom is 0.258 e. The van der Waals surface area contributed by atoms with E-state index in [-0.39, 0.29) is 39.9 Å². The second-order valence-corrected chi connectivity index (χ2v) is 7.27. The summed E-state index contributed by atoms with van der Waals surface area (Å²) >= 11 is 0. The molecule has 3 aromatic rings. The summed E-state index contributed by atoms with van der Waals surface area (Å²) in [5.74, 6) is -1.04. The Balaban J connectivity index is 1.85. The van der Waals surface area contributed by atoms with E-state index in [4.69, 9.17) is 4.74 Å². The first kappa shape index (κ1) is 17.3. The van der Waals surface area contributed by atoms with Crippen LogP contribution in [0.2, 0.25) is 0 Å². The Labute approximate surface area is 165 Å². The SMILES string of the molecule is Cc1cccc(C2C3=C(Oc4nc(C)[nH]c(=O)c42)C(=O)c2ccccc2C3=O)c1. The van der Waals surface area contributed by atoms with Crippen LogP contribution < -0.4 is 10.3 Å². The highest BCUT2D eigenvalue weighted by Crippen LogP contribution is 2.44. The number of aryl methyl sites for hydroxylation is 2. The maximum atomic E-state index is 13.4. The van der Waals surface area contributed by atoms with Gasteiger partial charge in [-0.1, -0.05) is 54.1 Å². The van der Waals surface area contributed by atoms with Crippen LogP contribution in [-0.2, 0) is 0 Å². The zero-order valence-corrected chi connectivity index (χ0v) is 15.8. The highest BCUT2D eigenvalue weighted by atomic mass is 16.5. The van der Waals surface area contributed by atoms with Crippen molar-refractivity contribution in [3.63, 3.8) is 0 Å². The monoisotopic (exact) mass is 384 g/mol. The molecule has 6 heteroatoms. The minimum atomic E-state index is -0.740. The third kappa shape index (κ3) is 2.49. The third-order valence-corrected chi connectivity index (χ3v) is 5.30. The van der Waals surface area contributed by atoms with E-state index in [9.17, 15) is 14.4 Å². The van der Waals surface area contributed by atoms with E-state index in [1.807, 2.05) is 31.2 Å². The summed E-state index contributed by atoms with van der Waals surface area (Å²) in [6, 6.07) is 14.2. The smallest absolute Gasteiger partial charge is 0.258 e. The van der Waals surface area contributed by atoms with Crippen molar-refractivity contribution in [2.75, 3.05) is 0 Å². The minimum absolute atomic E-state index is 0.0507. The molecule has 1 N–H and O–H groups in total. The molecule has 2 aliphatic rings. The molecule has 1 atom stereocenters. The molecule has 1 aliphatic carbocycles. The summed E-state index contributed by atoms with van der Waals surface area (Å²) in [6.07, 6.45) is 0. The summed E-state index contributed by atoms with van der Waals surface area (Å²) in [4.78, 5) is 46.5. The fraction of sp³-hybridized carbons (Fsp3) is 0.130. The van der Waals surface area contributed by atoms with Crippen LogP contribution in [0.5, 0.6) is 5.88 Å². The zero-order valence-electron chi connectivity index (χ0n) is 15.8. The average molecular weight is 384 g/mol. The third-order valence-electron chi connectivity index (χ3n) is 5.30. The van der Waals surface area contributed by atoms with E-state index in [1.54, 1.807) is 31.2 Å². The topological polar surface area (TPSA) is 89.1 Å². The van der Waals surface area contributed by atoms with Crippen LogP contribution in [0, 0.1) is 13.8 Å². The van der Waals surface area contributed by atoms with Crippen molar-refractivity contribution in [3.8, 4) is 5.88 Å². The maximum absolute atomic E-state index is 13.4. The standard InChI is InChI=1S/C23H16N2O4/c1-11-6-5-7-13(10-11)16-17-19(26)14-8-3-4-9-15(14)20(27)21(17)29-23-18(16)22(28)24-12(2)25-23/h3-10,16H,1-2H3,(H,24,25,28). The van der Waals surface area contributed by atoms with Gasteiger partial charge in [0.15, 0.2) is 11.5 Å². The van der Waals surface area contributed by atoms with Gasteiger partial charge >= 0.3 is 0 Å². The molecule has 1 unspecified atom stereocenters. The van der Waals surface area contributed by atoms with Gasteiger partial charge in [0.1, 0.15) is 5.82 Å². The van der Waals surface area contributed by atoms with Crippen LogP contribution in [0.4, 0.5) is 0 Å². The molecule has 5 rings (SSSR count). The number of H-pyrrole nitrogens is 1. The molecule has 0 fully saturated rings. The van der Waals surface area contributed by atoms with Crippen LogP contribution in [0.1, 0.15) is 49.1 Å². The lowest BCUT2D eigenvalue weighted by atomic mass is 9.75. The van der Waals surface area contributed by atoms with Crippen molar-refractivity contribution >= 4 is 11.6 Å². The van der Waals surface area contributed by atoms with Gasteiger partial charge in [0.25, 0.3) is 5.56 Å². The van der Waals surface area contributed by atoms with E-state index >= 15 is 0 Å². The van der Waals surface area contributed by atoms with E-state index in [2.05, 4.69) is 9.97 Å². The molecule has 0 amide bonds. The van der Waals surface area contributed by atoms with Gasteiger partial charge in [-0.2, -0.15) is 4.98 Å². The van der Waals surface area contributed by atoms with E-state index < -0.39 is 5.92 Å². The Morgan fingerprint density at radius 3 is 2.38 bits per heavy atom. The van der Waals surface area contributed by atoms with E-state index in [0.29, 0.717) is 17.0 Å². The van der Waals surface area contributed by atoms with E-state index in [0.717, 1.165) is 11.1 Å². The number of carbonyl (C=O) groups excluding carboxylic acids is 2. The lowest BCUT2D eigenvalue weighted by molar-refractivity contribution is 0.0924. The van der Waals surface area contributed by atoms with Gasteiger partial charge in [0, 0.05) is 11.1 Å². The average Bonchev–Trinajstić information content (AvgIpc) is 2.70. The van der Waals surface area contributed by atoms with Gasteiger partial charge in [-0.15, -0.1) is 0 Å². The van der Waals surface area contributed by atoms with Crippen molar-refractivity contribution in [2.24, 2.45) is 0 Å². The molecule has 0 saturated heterocycles. The number of ether oxygens (including phenoxy) is 1. The summed E-state index contributed by atoms with van der Waals surface area (Å²) < 4.78 is 5.80. The highest BCUT2D eigenvalue weighted by molar-refractivity contribution is 6.27. The second kappa shape index (κ2) is 6.10. The normalized spacial score (nSPS) is 17.4. The number of carbonyl (C=O) groups is 2. The number of allylic oxidation sites excluding steroid dienone is 2. The predicted octanol–water partition coefficient (Wildman–Crippen LogP) is 3.24. The number of aromatic amines is 1. The second-order valence-electron chi connectivity index (χ2n) is 7.27. The van der Waals surface area contributed by atoms with Gasteiger partial charge in [-0.25, -0.2) is 0 Å².